The molecule has 1 aromatic carbocycles. The van der Waals surface area contributed by atoms with Crippen LogP contribution in [0.15, 0.2) is 18.2 Å². The molecule has 1 rings (SSSR count). The van der Waals surface area contributed by atoms with Crippen LogP contribution in [0.2, 0.25) is 0 Å². The van der Waals surface area contributed by atoms with Gasteiger partial charge in [0.15, 0.2) is 6.29 Å². The Hall–Kier alpha value is -0.588. The number of benzene rings is 1. The second-order valence-corrected chi connectivity index (χ2v) is 1.83. The summed E-state index contributed by atoms with van der Waals surface area (Å²) >= 11 is 0. The van der Waals surface area contributed by atoms with Crippen molar-refractivity contribution in [3.05, 3.63) is 23.8 Å². The van der Waals surface area contributed by atoms with E-state index in [1.54, 1.807) is 0 Å². The van der Waals surface area contributed by atoms with Crippen molar-refractivity contribution in [2.75, 3.05) is 0 Å². The molecular weight excluding hydrogens is 339 g/mol. The van der Waals surface area contributed by atoms with Crippen LogP contribution in [-0.4, -0.2) is 43.8 Å². The number of carbonyl (C=O) groups is 1. The second kappa shape index (κ2) is 4.32. The van der Waals surface area contributed by atoms with Gasteiger partial charge in [-0.3, -0.25) is 4.79 Å². The first kappa shape index (κ1) is 10.4. The minimum Gasteiger partial charge on any atom is -0.507 e. The van der Waals surface area contributed by atoms with Crippen molar-refractivity contribution in [2.45, 2.75) is 0 Å². The molecule has 0 heterocycles. The summed E-state index contributed by atoms with van der Waals surface area (Å²) in [5.41, 5.74) is -0.0671. The average Bonchev–Trinajstić information content (AvgIpc) is 1.88. The number of phenolic OH excluding ortho intramolecular Hbond substituents is 2. The van der Waals surface area contributed by atoms with Crippen molar-refractivity contribution in [2.24, 2.45) is 0 Å². The fraction of sp³-hybridized carbons (Fsp3) is 0. The summed E-state index contributed by atoms with van der Waals surface area (Å²) < 4.78 is 0. The molecule has 0 aromatic heterocycles. The van der Waals surface area contributed by atoms with Crippen LogP contribution in [0, 0.1) is 0 Å². The molecule has 0 bridgehead atoms. The molecule has 0 saturated heterocycles. The van der Waals surface area contributed by atoms with Crippen LogP contribution in [0.1, 0.15) is 10.4 Å². The molecule has 0 spiro atoms. The number of rotatable bonds is 1. The van der Waals surface area contributed by atoms with Crippen molar-refractivity contribution in [1.82, 2.24) is 0 Å². The summed E-state index contributed by atoms with van der Waals surface area (Å²) in [5.74, 6) is -0.398. The van der Waals surface area contributed by atoms with Gasteiger partial charge in [0.25, 0.3) is 0 Å². The van der Waals surface area contributed by atoms with Crippen molar-refractivity contribution in [3.63, 3.8) is 0 Å². The number of phenols is 2. The Bertz CT molecular complexity index is 240. The molecule has 2 N–H and O–H groups in total. The van der Waals surface area contributed by atoms with Crippen molar-refractivity contribution in [3.8, 4) is 11.5 Å². The number of carbonyl (C=O) groups excluding carboxylic acids is 1. The van der Waals surface area contributed by atoms with Crippen LogP contribution in [0.4, 0.5) is 0 Å². The molecule has 0 amide bonds. The van der Waals surface area contributed by atoms with Crippen LogP contribution in [0.5, 0.6) is 11.5 Å². The second-order valence-electron chi connectivity index (χ2n) is 1.83. The summed E-state index contributed by atoms with van der Waals surface area (Å²) in [4.78, 5) is 10.1. The van der Waals surface area contributed by atoms with Gasteiger partial charge < -0.3 is 10.2 Å². The molecule has 3 nitrogen and oxygen atoms in total. The molecule has 4 radical (unpaired) electrons. The van der Waals surface area contributed by atoms with E-state index in [2.05, 4.69) is 0 Å². The zero-order valence-corrected chi connectivity index (χ0v) is 9.50. The minimum absolute atomic E-state index is 0. The monoisotopic (exact) mass is 346 g/mol. The van der Waals surface area contributed by atoms with Gasteiger partial charge in [0.2, 0.25) is 0 Å². The maximum absolute atomic E-state index is 10.1. The molecule has 56 valence electrons. The predicted octanol–water partition coefficient (Wildman–Crippen LogP) is 0.529. The Morgan fingerprint density at radius 1 is 1.18 bits per heavy atom. The predicted molar refractivity (Wildman–Crippen MR) is 40.9 cm³/mol. The summed E-state index contributed by atoms with van der Waals surface area (Å²) in [6, 6.07) is 4.13. The van der Waals surface area contributed by atoms with Gasteiger partial charge in [-0.2, -0.15) is 0 Å². The van der Waals surface area contributed by atoms with E-state index in [-0.39, 0.29) is 44.4 Å². The summed E-state index contributed by atoms with van der Waals surface area (Å²) in [6.45, 7) is 0. The van der Waals surface area contributed by atoms with Gasteiger partial charge >= 0.3 is 0 Å². The smallest absolute Gasteiger partial charge is 0.157 e. The minimum atomic E-state index is -0.199. The number of hydrogen-bond acceptors (Lipinski definition) is 3. The van der Waals surface area contributed by atoms with E-state index in [9.17, 15) is 4.79 Å². The van der Waals surface area contributed by atoms with E-state index in [0.717, 1.165) is 0 Å². The van der Waals surface area contributed by atoms with E-state index in [1.165, 1.54) is 18.2 Å². The third-order valence-electron chi connectivity index (χ3n) is 1.18. The van der Waals surface area contributed by atoms with Gasteiger partial charge in [-0.1, -0.05) is 6.07 Å². The zero-order valence-electron chi connectivity index (χ0n) is 5.61. The molecular formula is C7H6O3Pb. The normalized spacial score (nSPS) is 8.36. The Kier molecular flexibility index (Phi) is 4.09. The molecule has 0 aliphatic carbocycles. The van der Waals surface area contributed by atoms with Crippen molar-refractivity contribution in [1.29, 1.82) is 0 Å². The Labute approximate surface area is 83.8 Å². The molecule has 11 heavy (non-hydrogen) atoms. The largest absolute Gasteiger partial charge is 0.507 e. The first-order valence-corrected chi connectivity index (χ1v) is 2.72. The molecule has 0 aliphatic heterocycles. The van der Waals surface area contributed by atoms with Crippen LogP contribution in [0.25, 0.3) is 0 Å². The van der Waals surface area contributed by atoms with E-state index >= 15 is 0 Å². The van der Waals surface area contributed by atoms with Gasteiger partial charge in [0, 0.05) is 27.3 Å². The van der Waals surface area contributed by atoms with E-state index in [0.29, 0.717) is 6.29 Å². The van der Waals surface area contributed by atoms with Gasteiger partial charge in [-0.05, 0) is 12.1 Å². The third-order valence-corrected chi connectivity index (χ3v) is 1.18. The quantitative estimate of drug-likeness (QED) is 0.577. The summed E-state index contributed by atoms with van der Waals surface area (Å²) in [5, 5.41) is 17.8. The Balaban J connectivity index is 0.000001000. The zero-order chi connectivity index (χ0) is 7.56. The third kappa shape index (κ3) is 2.18. The molecule has 0 atom stereocenters. The molecule has 0 unspecified atom stereocenters. The fourth-order valence-corrected chi connectivity index (χ4v) is 0.662. The molecule has 1 aromatic rings. The van der Waals surface area contributed by atoms with Gasteiger partial charge in [0.05, 0.1) is 5.56 Å². The van der Waals surface area contributed by atoms with Crippen LogP contribution in [-0.2, 0) is 0 Å². The topological polar surface area (TPSA) is 57.5 Å². The molecule has 0 saturated carbocycles. The number of aromatic hydroxyl groups is 2. The first-order valence-electron chi connectivity index (χ1n) is 2.72. The summed E-state index contributed by atoms with van der Waals surface area (Å²) in [7, 11) is 0. The molecule has 0 fully saturated rings. The van der Waals surface area contributed by atoms with Gasteiger partial charge in [-0.15, -0.1) is 0 Å². The Morgan fingerprint density at radius 3 is 1.91 bits per heavy atom. The van der Waals surface area contributed by atoms with Gasteiger partial charge in [-0.25, -0.2) is 0 Å². The number of aldehydes is 1. The van der Waals surface area contributed by atoms with Crippen LogP contribution in [0.3, 0.4) is 0 Å². The Morgan fingerprint density at radius 2 is 1.64 bits per heavy atom. The van der Waals surface area contributed by atoms with E-state index < -0.39 is 0 Å². The van der Waals surface area contributed by atoms with Crippen molar-refractivity contribution >= 4 is 33.6 Å². The van der Waals surface area contributed by atoms with Gasteiger partial charge in [0.1, 0.15) is 11.5 Å². The average molecular weight is 345 g/mol. The van der Waals surface area contributed by atoms with E-state index in [4.69, 9.17) is 10.2 Å². The molecule has 4 heteroatoms. The van der Waals surface area contributed by atoms with E-state index in [1.807, 2.05) is 0 Å². The standard InChI is InChI=1S/C7H6O3.Pb/c8-4-5-6(9)2-1-3-7(5)10;/h1-4,9-10H;. The fourth-order valence-electron chi connectivity index (χ4n) is 0.662. The van der Waals surface area contributed by atoms with Crippen molar-refractivity contribution < 1.29 is 15.0 Å². The summed E-state index contributed by atoms with van der Waals surface area (Å²) in [6.07, 6.45) is 0.407. The molecule has 0 aliphatic rings. The van der Waals surface area contributed by atoms with Crippen LogP contribution >= 0.6 is 0 Å². The van der Waals surface area contributed by atoms with Crippen LogP contribution < -0.4 is 0 Å². The first-order chi connectivity index (χ1) is 4.75. The SMILES string of the molecule is O=Cc1c(O)cccc1O.[Pb]. The number of hydrogen-bond donors (Lipinski definition) is 2. The maximum Gasteiger partial charge on any atom is 0.157 e. The maximum atomic E-state index is 10.1.